The summed E-state index contributed by atoms with van der Waals surface area (Å²) < 4.78 is 0. The van der Waals surface area contributed by atoms with Gasteiger partial charge in [0.05, 0.1) is 6.54 Å². The predicted octanol–water partition coefficient (Wildman–Crippen LogP) is 1.82. The number of amides is 1. The summed E-state index contributed by atoms with van der Waals surface area (Å²) >= 11 is 0. The zero-order chi connectivity index (χ0) is 12.8. The Hall–Kier alpha value is -0.0300. The average molecular weight is 326 g/mol. The van der Waals surface area contributed by atoms with Crippen molar-refractivity contribution in [2.24, 2.45) is 5.92 Å². The van der Waals surface area contributed by atoms with Crippen LogP contribution in [0.15, 0.2) is 0 Å². The van der Waals surface area contributed by atoms with E-state index in [1.165, 1.54) is 38.5 Å². The fourth-order valence-electron chi connectivity index (χ4n) is 2.67. The van der Waals surface area contributed by atoms with Crippen LogP contribution in [0.2, 0.25) is 0 Å². The van der Waals surface area contributed by atoms with Crippen LogP contribution in [0.25, 0.3) is 0 Å². The second kappa shape index (κ2) is 10.7. The van der Waals surface area contributed by atoms with Gasteiger partial charge in [0.2, 0.25) is 5.91 Å². The van der Waals surface area contributed by atoms with E-state index in [1.54, 1.807) is 0 Å². The Balaban J connectivity index is 0.00000180. The van der Waals surface area contributed by atoms with E-state index in [0.717, 1.165) is 31.6 Å². The minimum atomic E-state index is 0. The van der Waals surface area contributed by atoms with Crippen LogP contribution in [0.4, 0.5) is 0 Å². The number of hydrogen-bond donors (Lipinski definition) is 2. The zero-order valence-electron chi connectivity index (χ0n) is 12.4. The van der Waals surface area contributed by atoms with Crippen molar-refractivity contribution in [3.63, 3.8) is 0 Å². The second-order valence-corrected chi connectivity index (χ2v) is 5.84. The molecule has 2 N–H and O–H groups in total. The first-order valence-electron chi connectivity index (χ1n) is 7.43. The van der Waals surface area contributed by atoms with Gasteiger partial charge in [0.1, 0.15) is 0 Å². The molecule has 0 radical (unpaired) electrons. The van der Waals surface area contributed by atoms with Crippen LogP contribution in [0, 0.1) is 5.92 Å². The molecular weight excluding hydrogens is 297 g/mol. The highest BCUT2D eigenvalue weighted by atomic mass is 35.5. The predicted molar refractivity (Wildman–Crippen MR) is 88.0 cm³/mol. The number of nitrogens with one attached hydrogen (secondary N) is 2. The van der Waals surface area contributed by atoms with Crippen LogP contribution in [-0.4, -0.2) is 50.1 Å². The summed E-state index contributed by atoms with van der Waals surface area (Å²) in [5.74, 6) is 0.974. The first kappa shape index (κ1) is 20.0. The van der Waals surface area contributed by atoms with E-state index in [9.17, 15) is 4.79 Å². The van der Waals surface area contributed by atoms with Crippen molar-refractivity contribution in [1.29, 1.82) is 0 Å². The maximum Gasteiger partial charge on any atom is 0.234 e. The number of carbonyl (C=O) groups is 1. The van der Waals surface area contributed by atoms with Gasteiger partial charge in [-0.25, -0.2) is 0 Å². The lowest BCUT2D eigenvalue weighted by Crippen LogP contribution is -2.40. The van der Waals surface area contributed by atoms with E-state index in [2.05, 4.69) is 22.6 Å². The molecule has 2 aliphatic carbocycles. The third kappa shape index (κ3) is 7.67. The molecule has 0 heterocycles. The van der Waals surface area contributed by atoms with Crippen molar-refractivity contribution in [2.75, 3.05) is 33.2 Å². The van der Waals surface area contributed by atoms with E-state index in [-0.39, 0.29) is 30.7 Å². The number of rotatable bonds is 8. The molecule has 0 saturated heterocycles. The fraction of sp³-hybridized carbons (Fsp3) is 0.929. The quantitative estimate of drug-likeness (QED) is 0.715. The Labute approximate surface area is 135 Å². The number of carbonyl (C=O) groups excluding carboxylic acids is 1. The van der Waals surface area contributed by atoms with E-state index in [0.29, 0.717) is 6.54 Å². The third-order valence-electron chi connectivity index (χ3n) is 4.15. The molecule has 0 aromatic carbocycles. The van der Waals surface area contributed by atoms with Gasteiger partial charge in [-0.3, -0.25) is 4.79 Å². The summed E-state index contributed by atoms with van der Waals surface area (Å²) in [6.07, 6.45) is 8.06. The van der Waals surface area contributed by atoms with Gasteiger partial charge < -0.3 is 15.5 Å². The molecule has 0 spiro atoms. The highest BCUT2D eigenvalue weighted by Gasteiger charge is 2.21. The van der Waals surface area contributed by atoms with Gasteiger partial charge in [0.15, 0.2) is 0 Å². The Morgan fingerprint density at radius 1 is 1.15 bits per heavy atom. The van der Waals surface area contributed by atoms with Crippen molar-refractivity contribution in [3.05, 3.63) is 0 Å². The van der Waals surface area contributed by atoms with Crippen molar-refractivity contribution < 1.29 is 4.79 Å². The summed E-state index contributed by atoms with van der Waals surface area (Å²) in [4.78, 5) is 13.9. The lowest BCUT2D eigenvalue weighted by atomic mass is 10.2. The van der Waals surface area contributed by atoms with E-state index in [1.807, 2.05) is 0 Å². The molecule has 0 unspecified atom stereocenters. The van der Waals surface area contributed by atoms with Gasteiger partial charge in [-0.2, -0.15) is 0 Å². The van der Waals surface area contributed by atoms with E-state index < -0.39 is 0 Å². The number of hydrogen-bond acceptors (Lipinski definition) is 3. The minimum absolute atomic E-state index is 0. The van der Waals surface area contributed by atoms with Crippen LogP contribution >= 0.6 is 24.8 Å². The van der Waals surface area contributed by atoms with Crippen molar-refractivity contribution in [1.82, 2.24) is 15.5 Å². The summed E-state index contributed by atoms with van der Waals surface area (Å²) in [7, 11) is 2.17. The molecule has 2 saturated carbocycles. The molecule has 1 amide bonds. The minimum Gasteiger partial charge on any atom is -0.354 e. The first-order valence-corrected chi connectivity index (χ1v) is 7.43. The monoisotopic (exact) mass is 325 g/mol. The SMILES string of the molecule is CN(CCNC(=O)CNCC1CC1)C1CCCC1.Cl.Cl. The van der Waals surface area contributed by atoms with E-state index >= 15 is 0 Å². The smallest absolute Gasteiger partial charge is 0.234 e. The van der Waals surface area contributed by atoms with Gasteiger partial charge in [0.25, 0.3) is 0 Å². The van der Waals surface area contributed by atoms with Gasteiger partial charge in [0, 0.05) is 19.1 Å². The number of halogens is 2. The van der Waals surface area contributed by atoms with Gasteiger partial charge in [-0.05, 0) is 45.2 Å². The molecule has 2 aliphatic rings. The lowest BCUT2D eigenvalue weighted by molar-refractivity contribution is -0.120. The normalized spacial score (nSPS) is 18.5. The molecule has 0 aliphatic heterocycles. The topological polar surface area (TPSA) is 44.4 Å². The molecule has 6 heteroatoms. The molecule has 0 atom stereocenters. The Morgan fingerprint density at radius 2 is 1.80 bits per heavy atom. The molecule has 0 aromatic rings. The molecule has 0 aromatic heterocycles. The van der Waals surface area contributed by atoms with Gasteiger partial charge in [-0.1, -0.05) is 12.8 Å². The Morgan fingerprint density at radius 3 is 2.40 bits per heavy atom. The van der Waals surface area contributed by atoms with Crippen LogP contribution < -0.4 is 10.6 Å². The molecule has 20 heavy (non-hydrogen) atoms. The largest absolute Gasteiger partial charge is 0.354 e. The van der Waals surface area contributed by atoms with Crippen LogP contribution in [0.1, 0.15) is 38.5 Å². The molecule has 4 nitrogen and oxygen atoms in total. The van der Waals surface area contributed by atoms with Crippen molar-refractivity contribution in [2.45, 2.75) is 44.6 Å². The van der Waals surface area contributed by atoms with Crippen molar-refractivity contribution >= 4 is 30.7 Å². The van der Waals surface area contributed by atoms with E-state index in [4.69, 9.17) is 0 Å². The maximum atomic E-state index is 11.6. The lowest BCUT2D eigenvalue weighted by Gasteiger charge is -2.23. The summed E-state index contributed by atoms with van der Waals surface area (Å²) in [6, 6.07) is 0.745. The van der Waals surface area contributed by atoms with Gasteiger partial charge >= 0.3 is 0 Å². The highest BCUT2D eigenvalue weighted by molar-refractivity contribution is 5.85. The summed E-state index contributed by atoms with van der Waals surface area (Å²) in [5.41, 5.74) is 0. The van der Waals surface area contributed by atoms with Gasteiger partial charge in [-0.15, -0.1) is 24.8 Å². The van der Waals surface area contributed by atoms with Crippen molar-refractivity contribution in [3.8, 4) is 0 Å². The molecule has 2 rings (SSSR count). The molecule has 0 bridgehead atoms. The third-order valence-corrected chi connectivity index (χ3v) is 4.15. The number of nitrogens with zero attached hydrogens (tertiary/aromatic N) is 1. The molecule has 2 fully saturated rings. The number of likely N-dealkylation sites (N-methyl/N-ethyl adjacent to an activating group) is 1. The molecular formula is C14H29Cl2N3O. The summed E-state index contributed by atoms with van der Waals surface area (Å²) in [6.45, 7) is 3.23. The maximum absolute atomic E-state index is 11.6. The highest BCUT2D eigenvalue weighted by Crippen LogP contribution is 2.27. The first-order chi connectivity index (χ1) is 8.75. The van der Waals surface area contributed by atoms with Crippen LogP contribution in [-0.2, 0) is 4.79 Å². The average Bonchev–Trinajstić information content (AvgIpc) is 3.01. The zero-order valence-corrected chi connectivity index (χ0v) is 14.0. The standard InChI is InChI=1S/C14H27N3O.2ClH/c1-17(13-4-2-3-5-13)9-8-16-14(18)11-15-10-12-6-7-12;;/h12-13,15H,2-11H2,1H3,(H,16,18);2*1H. The summed E-state index contributed by atoms with van der Waals surface area (Å²) in [5, 5.41) is 6.20. The van der Waals surface area contributed by atoms with Crippen LogP contribution in [0.3, 0.4) is 0 Å². The molecule has 120 valence electrons. The second-order valence-electron chi connectivity index (χ2n) is 5.84. The Kier molecular flexibility index (Phi) is 10.6. The van der Waals surface area contributed by atoms with Crippen LogP contribution in [0.5, 0.6) is 0 Å². The Bertz CT molecular complexity index is 269. The fourth-order valence-corrected chi connectivity index (χ4v) is 2.67.